The van der Waals surface area contributed by atoms with Gasteiger partial charge in [0.15, 0.2) is 11.5 Å². The molecule has 0 spiro atoms. The summed E-state index contributed by atoms with van der Waals surface area (Å²) in [5.41, 5.74) is 1.53. The fourth-order valence-electron chi connectivity index (χ4n) is 4.58. The highest BCUT2D eigenvalue weighted by molar-refractivity contribution is 5.94. The van der Waals surface area contributed by atoms with Gasteiger partial charge in [0.1, 0.15) is 0 Å². The molecular weight excluding hydrogens is 336 g/mol. The van der Waals surface area contributed by atoms with Gasteiger partial charge in [0, 0.05) is 17.7 Å². The van der Waals surface area contributed by atoms with Crippen LogP contribution in [0.2, 0.25) is 0 Å². The predicted octanol–water partition coefficient (Wildman–Crippen LogP) is 5.44. The number of rotatable bonds is 3. The van der Waals surface area contributed by atoms with Gasteiger partial charge in [-0.2, -0.15) is 0 Å². The van der Waals surface area contributed by atoms with Gasteiger partial charge in [-0.25, -0.2) is 0 Å². The standard InChI is InChI=1S/C23H26N2O2/c1-15-10-19(14-23(2,3)13-15)24-22(26)20-12-21(27-25-20)18-9-8-16-6-4-5-7-17(16)11-18/h4-9,11-12,15,19H,10,13-14H2,1-3H3,(H,24,26). The van der Waals surface area contributed by atoms with Gasteiger partial charge in [-0.1, -0.05) is 62.3 Å². The molecule has 1 fully saturated rings. The maximum Gasteiger partial charge on any atom is 0.273 e. The molecule has 3 aromatic rings. The van der Waals surface area contributed by atoms with Crippen LogP contribution in [0, 0.1) is 11.3 Å². The van der Waals surface area contributed by atoms with Crippen LogP contribution in [0.25, 0.3) is 22.1 Å². The zero-order valence-corrected chi connectivity index (χ0v) is 16.2. The number of amides is 1. The predicted molar refractivity (Wildman–Crippen MR) is 107 cm³/mol. The van der Waals surface area contributed by atoms with Crippen LogP contribution < -0.4 is 5.32 Å². The summed E-state index contributed by atoms with van der Waals surface area (Å²) >= 11 is 0. The van der Waals surface area contributed by atoms with Crippen molar-refractivity contribution in [3.63, 3.8) is 0 Å². The highest BCUT2D eigenvalue weighted by Crippen LogP contribution is 2.38. The number of nitrogens with zero attached hydrogens (tertiary/aromatic N) is 1. The van der Waals surface area contributed by atoms with E-state index in [9.17, 15) is 4.79 Å². The third-order valence-electron chi connectivity index (χ3n) is 5.50. The number of hydrogen-bond acceptors (Lipinski definition) is 3. The first-order valence-corrected chi connectivity index (χ1v) is 9.66. The van der Waals surface area contributed by atoms with Crippen molar-refractivity contribution in [2.75, 3.05) is 0 Å². The van der Waals surface area contributed by atoms with E-state index in [2.05, 4.69) is 55.5 Å². The third kappa shape index (κ3) is 3.90. The van der Waals surface area contributed by atoms with Crippen molar-refractivity contribution in [1.29, 1.82) is 0 Å². The molecular formula is C23H26N2O2. The minimum atomic E-state index is -0.152. The van der Waals surface area contributed by atoms with Crippen molar-refractivity contribution >= 4 is 16.7 Å². The van der Waals surface area contributed by atoms with E-state index in [4.69, 9.17) is 4.52 Å². The van der Waals surface area contributed by atoms with Gasteiger partial charge < -0.3 is 9.84 Å². The molecule has 0 bridgehead atoms. The molecule has 0 aliphatic heterocycles. The average Bonchev–Trinajstić information content (AvgIpc) is 3.10. The molecule has 2 aromatic carbocycles. The van der Waals surface area contributed by atoms with Crippen molar-refractivity contribution in [3.05, 3.63) is 54.2 Å². The monoisotopic (exact) mass is 362 g/mol. The van der Waals surface area contributed by atoms with Gasteiger partial charge in [-0.15, -0.1) is 0 Å². The van der Waals surface area contributed by atoms with Crippen molar-refractivity contribution in [2.24, 2.45) is 11.3 Å². The summed E-state index contributed by atoms with van der Waals surface area (Å²) in [6.07, 6.45) is 3.22. The molecule has 0 radical (unpaired) electrons. The second kappa shape index (κ2) is 6.84. The van der Waals surface area contributed by atoms with Crippen LogP contribution in [0.15, 0.2) is 53.1 Å². The molecule has 1 N–H and O–H groups in total. The third-order valence-corrected chi connectivity index (χ3v) is 5.50. The minimum absolute atomic E-state index is 0.152. The van der Waals surface area contributed by atoms with E-state index in [0.29, 0.717) is 17.4 Å². The fourth-order valence-corrected chi connectivity index (χ4v) is 4.58. The first-order chi connectivity index (χ1) is 12.9. The van der Waals surface area contributed by atoms with E-state index in [1.807, 2.05) is 18.2 Å². The smallest absolute Gasteiger partial charge is 0.273 e. The average molecular weight is 362 g/mol. The Morgan fingerprint density at radius 1 is 1.11 bits per heavy atom. The molecule has 1 aliphatic carbocycles. The van der Waals surface area contributed by atoms with E-state index >= 15 is 0 Å². The Morgan fingerprint density at radius 2 is 1.89 bits per heavy atom. The highest BCUT2D eigenvalue weighted by atomic mass is 16.5. The Balaban J connectivity index is 1.50. The molecule has 27 heavy (non-hydrogen) atoms. The van der Waals surface area contributed by atoms with Gasteiger partial charge in [-0.05, 0) is 47.4 Å². The first kappa shape index (κ1) is 17.8. The van der Waals surface area contributed by atoms with Crippen LogP contribution in [0.5, 0.6) is 0 Å². The van der Waals surface area contributed by atoms with Crippen molar-refractivity contribution < 1.29 is 9.32 Å². The number of benzene rings is 2. The molecule has 1 heterocycles. The Kier molecular flexibility index (Phi) is 4.50. The van der Waals surface area contributed by atoms with Gasteiger partial charge >= 0.3 is 0 Å². The Hall–Kier alpha value is -2.62. The number of fused-ring (bicyclic) bond motifs is 1. The summed E-state index contributed by atoms with van der Waals surface area (Å²) in [5.74, 6) is 1.08. The summed E-state index contributed by atoms with van der Waals surface area (Å²) in [7, 11) is 0. The van der Waals surface area contributed by atoms with Crippen LogP contribution in [0.1, 0.15) is 50.5 Å². The number of aromatic nitrogens is 1. The lowest BCUT2D eigenvalue weighted by atomic mass is 9.70. The zero-order valence-electron chi connectivity index (χ0n) is 16.2. The first-order valence-electron chi connectivity index (χ1n) is 9.66. The molecule has 4 nitrogen and oxygen atoms in total. The number of hydrogen-bond donors (Lipinski definition) is 1. The van der Waals surface area contributed by atoms with Gasteiger partial charge in [-0.3, -0.25) is 4.79 Å². The van der Waals surface area contributed by atoms with Crippen LogP contribution in [-0.2, 0) is 0 Å². The molecule has 1 aliphatic rings. The van der Waals surface area contributed by atoms with Crippen molar-refractivity contribution in [2.45, 2.75) is 46.1 Å². The Bertz CT molecular complexity index is 973. The Morgan fingerprint density at radius 3 is 2.67 bits per heavy atom. The molecule has 2 unspecified atom stereocenters. The molecule has 1 amide bonds. The molecule has 4 heteroatoms. The SMILES string of the molecule is CC1CC(NC(=O)c2cc(-c3ccc4ccccc4c3)on2)CC(C)(C)C1. The summed E-state index contributed by atoms with van der Waals surface area (Å²) in [4.78, 5) is 12.7. The van der Waals surface area contributed by atoms with E-state index in [-0.39, 0.29) is 17.4 Å². The lowest BCUT2D eigenvalue weighted by molar-refractivity contribution is 0.0865. The van der Waals surface area contributed by atoms with Crippen molar-refractivity contribution in [3.8, 4) is 11.3 Å². The maximum absolute atomic E-state index is 12.7. The summed E-state index contributed by atoms with van der Waals surface area (Å²) < 4.78 is 5.46. The highest BCUT2D eigenvalue weighted by Gasteiger charge is 2.33. The number of carbonyl (C=O) groups is 1. The molecule has 140 valence electrons. The fraction of sp³-hybridized carbons (Fsp3) is 0.391. The lowest BCUT2D eigenvalue weighted by Crippen LogP contribution is -2.43. The number of nitrogens with one attached hydrogen (secondary N) is 1. The largest absolute Gasteiger partial charge is 0.355 e. The van der Waals surface area contributed by atoms with E-state index < -0.39 is 0 Å². The quantitative estimate of drug-likeness (QED) is 0.675. The van der Waals surface area contributed by atoms with Gasteiger partial charge in [0.05, 0.1) is 0 Å². The summed E-state index contributed by atoms with van der Waals surface area (Å²) in [5, 5.41) is 9.47. The topological polar surface area (TPSA) is 55.1 Å². The second-order valence-corrected chi connectivity index (χ2v) is 8.72. The lowest BCUT2D eigenvalue weighted by Gasteiger charge is -2.39. The Labute approximate surface area is 159 Å². The second-order valence-electron chi connectivity index (χ2n) is 8.72. The van der Waals surface area contributed by atoms with Gasteiger partial charge in [0.25, 0.3) is 5.91 Å². The minimum Gasteiger partial charge on any atom is -0.355 e. The van der Waals surface area contributed by atoms with Crippen LogP contribution in [0.3, 0.4) is 0 Å². The molecule has 1 saturated carbocycles. The molecule has 2 atom stereocenters. The number of carbonyl (C=O) groups excluding carboxylic acids is 1. The van der Waals surface area contributed by atoms with Crippen molar-refractivity contribution in [1.82, 2.24) is 10.5 Å². The van der Waals surface area contributed by atoms with Crippen LogP contribution >= 0.6 is 0 Å². The normalized spacial score (nSPS) is 21.9. The molecule has 1 aromatic heterocycles. The maximum atomic E-state index is 12.7. The van der Waals surface area contributed by atoms with E-state index in [1.165, 1.54) is 11.8 Å². The molecule has 4 rings (SSSR count). The van der Waals surface area contributed by atoms with E-state index in [1.54, 1.807) is 6.07 Å². The summed E-state index contributed by atoms with van der Waals surface area (Å²) in [6.45, 7) is 6.81. The molecule has 0 saturated heterocycles. The van der Waals surface area contributed by atoms with Crippen LogP contribution in [-0.4, -0.2) is 17.1 Å². The van der Waals surface area contributed by atoms with Crippen LogP contribution in [0.4, 0.5) is 0 Å². The zero-order chi connectivity index (χ0) is 19.0. The summed E-state index contributed by atoms with van der Waals surface area (Å²) in [6, 6.07) is 16.2. The van der Waals surface area contributed by atoms with Gasteiger partial charge in [0.2, 0.25) is 0 Å². The van der Waals surface area contributed by atoms with E-state index in [0.717, 1.165) is 23.8 Å².